The van der Waals surface area contributed by atoms with Gasteiger partial charge in [-0.2, -0.15) is 0 Å². The Morgan fingerprint density at radius 2 is 1.50 bits per heavy atom. The molecule has 0 aromatic carbocycles. The Morgan fingerprint density at radius 1 is 0.977 bits per heavy atom. The molecule has 0 spiro atoms. The summed E-state index contributed by atoms with van der Waals surface area (Å²) in [6.07, 6.45) is 14.5. The third-order valence-corrected chi connectivity index (χ3v) is 9.88. The molecule has 0 heterocycles. The van der Waals surface area contributed by atoms with Crippen molar-refractivity contribution in [2.75, 3.05) is 6.61 Å². The Hall–Kier alpha value is -0.750. The summed E-state index contributed by atoms with van der Waals surface area (Å²) < 4.78 is 0. The van der Waals surface area contributed by atoms with Crippen molar-refractivity contribution < 1.29 is 20.1 Å². The minimum atomic E-state index is -0.759. The molecule has 1 saturated carbocycles. The van der Waals surface area contributed by atoms with E-state index in [2.05, 4.69) is 62.0 Å². The molecule has 0 radical (unpaired) electrons. The number of aliphatic hydroxyl groups excluding tert-OH is 2. The van der Waals surface area contributed by atoms with Gasteiger partial charge in [0.15, 0.2) is 0 Å². The standard InChI is InChI=1S/C23H44O2.C8H16.C6H15NO2.C2H6/c1-9-17(4)20(7)19(6)16-23(8,25)15-14-22(24)13-12-18(5)21(10-2)11-3;1-7-4-3-5-8(2)6-7;1-5(9)4-6(7)2-3-8;1-2/h9,17-21,25H,1,10-16H2,2-8H3;7-8H,3-6H2,1-2H3;5-6,8-9H,2-4,7H2,1H3;1-2H3/t17?,18-,19?,20?,23+;;;/m1.../s1. The van der Waals surface area contributed by atoms with Crippen LogP contribution < -0.4 is 5.73 Å². The Bertz CT molecular complexity index is 653. The average molecular weight is 628 g/mol. The molecule has 44 heavy (non-hydrogen) atoms. The summed E-state index contributed by atoms with van der Waals surface area (Å²) in [5.74, 6) is 5.01. The van der Waals surface area contributed by atoms with Crippen LogP contribution in [0.2, 0.25) is 0 Å². The number of allylic oxidation sites excluding steroid dienone is 1. The van der Waals surface area contributed by atoms with E-state index in [1.165, 1.54) is 38.5 Å². The third kappa shape index (κ3) is 26.5. The minimum Gasteiger partial charge on any atom is -0.396 e. The zero-order chi connectivity index (χ0) is 34.9. The van der Waals surface area contributed by atoms with Gasteiger partial charge < -0.3 is 21.1 Å². The lowest BCUT2D eigenvalue weighted by atomic mass is 9.77. The second kappa shape index (κ2) is 28.5. The topological polar surface area (TPSA) is 104 Å². The van der Waals surface area contributed by atoms with Gasteiger partial charge in [-0.3, -0.25) is 4.79 Å². The molecule has 0 bridgehead atoms. The first-order chi connectivity index (χ1) is 20.5. The highest BCUT2D eigenvalue weighted by Crippen LogP contribution is 2.31. The van der Waals surface area contributed by atoms with E-state index in [9.17, 15) is 9.90 Å². The maximum absolute atomic E-state index is 12.2. The van der Waals surface area contributed by atoms with E-state index in [1.807, 2.05) is 26.8 Å². The van der Waals surface area contributed by atoms with Crippen molar-refractivity contribution in [2.24, 2.45) is 47.2 Å². The predicted octanol–water partition coefficient (Wildman–Crippen LogP) is 9.75. The Labute approximate surface area is 276 Å². The summed E-state index contributed by atoms with van der Waals surface area (Å²) in [4.78, 5) is 12.2. The van der Waals surface area contributed by atoms with Crippen LogP contribution in [0.25, 0.3) is 0 Å². The second-order valence-electron chi connectivity index (χ2n) is 14.5. The van der Waals surface area contributed by atoms with Crippen LogP contribution in [0.4, 0.5) is 0 Å². The monoisotopic (exact) mass is 628 g/mol. The molecule has 7 unspecified atom stereocenters. The smallest absolute Gasteiger partial charge is 0.133 e. The average Bonchev–Trinajstić information content (AvgIpc) is 2.96. The Kier molecular flexibility index (Phi) is 30.8. The van der Waals surface area contributed by atoms with Crippen LogP contribution in [0.3, 0.4) is 0 Å². The summed E-state index contributed by atoms with van der Waals surface area (Å²) >= 11 is 0. The van der Waals surface area contributed by atoms with Gasteiger partial charge in [0.1, 0.15) is 5.78 Å². The quantitative estimate of drug-likeness (QED) is 0.113. The van der Waals surface area contributed by atoms with Gasteiger partial charge in [0, 0.05) is 25.5 Å². The van der Waals surface area contributed by atoms with E-state index in [0.29, 0.717) is 61.6 Å². The number of Topliss-reactive ketones (excluding diaryl/α,β-unsaturated/α-hetero) is 1. The lowest BCUT2D eigenvalue weighted by Crippen LogP contribution is -2.31. The maximum atomic E-state index is 12.2. The van der Waals surface area contributed by atoms with Gasteiger partial charge in [0.2, 0.25) is 0 Å². The third-order valence-electron chi connectivity index (χ3n) is 9.88. The SMILES string of the molecule is C=CC(C)C(C)C(C)C[C@@](C)(O)CCC(=O)CC[C@@H](C)C(CC)CC.CC.CC(O)CC(N)CCO.CC1CCCC(C)C1. The van der Waals surface area contributed by atoms with Crippen LogP contribution in [0.15, 0.2) is 12.7 Å². The molecule has 1 aliphatic rings. The van der Waals surface area contributed by atoms with Gasteiger partial charge in [-0.15, -0.1) is 6.58 Å². The van der Waals surface area contributed by atoms with Crippen LogP contribution in [0.1, 0.15) is 167 Å². The van der Waals surface area contributed by atoms with Crippen molar-refractivity contribution >= 4 is 5.78 Å². The van der Waals surface area contributed by atoms with Crippen LogP contribution in [-0.2, 0) is 4.79 Å². The fraction of sp³-hybridized carbons (Fsp3) is 0.923. The number of rotatable bonds is 18. The van der Waals surface area contributed by atoms with Gasteiger partial charge in [-0.25, -0.2) is 0 Å². The molecule has 1 fully saturated rings. The first-order valence-corrected chi connectivity index (χ1v) is 18.4. The Morgan fingerprint density at radius 3 is 1.89 bits per heavy atom. The molecular formula is C39H81NO4. The predicted molar refractivity (Wildman–Crippen MR) is 194 cm³/mol. The van der Waals surface area contributed by atoms with Crippen molar-refractivity contribution in [3.63, 3.8) is 0 Å². The molecule has 5 N–H and O–H groups in total. The van der Waals surface area contributed by atoms with Gasteiger partial charge in [0.25, 0.3) is 0 Å². The fourth-order valence-electron chi connectivity index (χ4n) is 6.43. The summed E-state index contributed by atoms with van der Waals surface area (Å²) in [7, 11) is 0. The van der Waals surface area contributed by atoms with E-state index >= 15 is 0 Å². The van der Waals surface area contributed by atoms with Gasteiger partial charge in [-0.1, -0.05) is 107 Å². The molecule has 5 nitrogen and oxygen atoms in total. The highest BCUT2D eigenvalue weighted by atomic mass is 16.3. The summed E-state index contributed by atoms with van der Waals surface area (Å²) in [6, 6.07) is -0.0602. The maximum Gasteiger partial charge on any atom is 0.133 e. The molecule has 5 heteroatoms. The van der Waals surface area contributed by atoms with Crippen molar-refractivity contribution in [3.8, 4) is 0 Å². The van der Waals surface area contributed by atoms with E-state index in [4.69, 9.17) is 15.9 Å². The number of hydrogen-bond acceptors (Lipinski definition) is 5. The van der Waals surface area contributed by atoms with Crippen LogP contribution >= 0.6 is 0 Å². The van der Waals surface area contributed by atoms with Crippen LogP contribution in [0, 0.1) is 41.4 Å². The first kappa shape index (κ1) is 47.7. The van der Waals surface area contributed by atoms with Gasteiger partial charge in [-0.05, 0) is 93.8 Å². The fourth-order valence-corrected chi connectivity index (χ4v) is 6.43. The summed E-state index contributed by atoms with van der Waals surface area (Å²) in [6.45, 7) is 29.6. The molecule has 0 amide bonds. The zero-order valence-corrected chi connectivity index (χ0v) is 31.7. The van der Waals surface area contributed by atoms with E-state index in [1.54, 1.807) is 6.92 Å². The summed E-state index contributed by atoms with van der Waals surface area (Å²) in [5.41, 5.74) is 4.71. The number of ketones is 1. The van der Waals surface area contributed by atoms with E-state index in [0.717, 1.165) is 30.6 Å². The van der Waals surface area contributed by atoms with Gasteiger partial charge >= 0.3 is 0 Å². The number of carbonyl (C=O) groups is 1. The van der Waals surface area contributed by atoms with Crippen molar-refractivity contribution in [1.82, 2.24) is 0 Å². The minimum absolute atomic E-state index is 0.0602. The highest BCUT2D eigenvalue weighted by molar-refractivity contribution is 5.78. The number of aliphatic hydroxyl groups is 3. The largest absolute Gasteiger partial charge is 0.396 e. The summed E-state index contributed by atoms with van der Waals surface area (Å²) in [5, 5.41) is 27.9. The molecule has 0 aliphatic heterocycles. The van der Waals surface area contributed by atoms with Crippen LogP contribution in [0.5, 0.6) is 0 Å². The molecule has 1 aliphatic carbocycles. The molecule has 9 atom stereocenters. The first-order valence-electron chi connectivity index (χ1n) is 18.4. The molecular weight excluding hydrogens is 546 g/mol. The van der Waals surface area contributed by atoms with Gasteiger partial charge in [0.05, 0.1) is 11.7 Å². The van der Waals surface area contributed by atoms with E-state index < -0.39 is 5.60 Å². The lowest BCUT2D eigenvalue weighted by Gasteiger charge is -2.31. The molecule has 0 saturated heterocycles. The second-order valence-corrected chi connectivity index (χ2v) is 14.5. The molecule has 0 aromatic rings. The molecule has 1 rings (SSSR count). The highest BCUT2D eigenvalue weighted by Gasteiger charge is 2.28. The number of hydrogen-bond donors (Lipinski definition) is 4. The van der Waals surface area contributed by atoms with Crippen molar-refractivity contribution in [1.29, 1.82) is 0 Å². The lowest BCUT2D eigenvalue weighted by molar-refractivity contribution is -0.120. The number of carbonyl (C=O) groups excluding carboxylic acids is 1. The van der Waals surface area contributed by atoms with Crippen LogP contribution in [-0.4, -0.2) is 45.5 Å². The zero-order valence-electron chi connectivity index (χ0n) is 31.7. The molecule has 266 valence electrons. The Balaban J connectivity index is -0.000000712. The van der Waals surface area contributed by atoms with Crippen molar-refractivity contribution in [3.05, 3.63) is 12.7 Å². The molecule has 0 aromatic heterocycles. The number of nitrogens with two attached hydrogens (primary N) is 1. The van der Waals surface area contributed by atoms with Crippen molar-refractivity contribution in [2.45, 2.75) is 184 Å². The normalized spacial score (nSPS) is 21.8. The van der Waals surface area contributed by atoms with E-state index in [-0.39, 0.29) is 18.8 Å².